The van der Waals surface area contributed by atoms with E-state index in [4.69, 9.17) is 4.74 Å². The number of hydrogen-bond donors (Lipinski definition) is 2. The number of fused-ring (bicyclic) bond motifs is 1. The Kier molecular flexibility index (Phi) is 4.00. The van der Waals surface area contributed by atoms with Crippen molar-refractivity contribution in [3.05, 3.63) is 66.6 Å². The fraction of sp³-hybridized carbons (Fsp3) is 0.105. The minimum Gasteiger partial charge on any atom is -0.481 e. The molecule has 6 heteroatoms. The third-order valence-corrected chi connectivity index (χ3v) is 3.93. The third kappa shape index (κ3) is 3.14. The molecule has 6 nitrogen and oxygen atoms in total. The van der Waals surface area contributed by atoms with E-state index < -0.39 is 0 Å². The van der Waals surface area contributed by atoms with Crippen molar-refractivity contribution < 1.29 is 4.74 Å². The molecule has 0 aromatic carbocycles. The van der Waals surface area contributed by atoms with Gasteiger partial charge in [0, 0.05) is 42.2 Å². The van der Waals surface area contributed by atoms with E-state index in [2.05, 4.69) is 25.3 Å². The van der Waals surface area contributed by atoms with E-state index in [0.717, 1.165) is 33.7 Å². The minimum atomic E-state index is 0.586. The number of hydrogen-bond acceptors (Lipinski definition) is 5. The van der Waals surface area contributed by atoms with Crippen molar-refractivity contribution in [2.75, 3.05) is 12.4 Å². The molecule has 0 fully saturated rings. The van der Waals surface area contributed by atoms with Crippen LogP contribution < -0.4 is 10.1 Å². The average molecular weight is 331 g/mol. The van der Waals surface area contributed by atoms with Gasteiger partial charge in [-0.25, -0.2) is 9.97 Å². The lowest BCUT2D eigenvalue weighted by Crippen LogP contribution is -2.02. The topological polar surface area (TPSA) is 75.7 Å². The van der Waals surface area contributed by atoms with Gasteiger partial charge in [0.05, 0.1) is 12.8 Å². The van der Waals surface area contributed by atoms with E-state index in [1.165, 1.54) is 0 Å². The first-order chi connectivity index (χ1) is 12.3. The van der Waals surface area contributed by atoms with E-state index >= 15 is 0 Å². The number of aromatic amines is 1. The molecule has 0 spiro atoms. The van der Waals surface area contributed by atoms with Crippen molar-refractivity contribution in [3.63, 3.8) is 0 Å². The minimum absolute atomic E-state index is 0.586. The Hall–Kier alpha value is -3.41. The summed E-state index contributed by atoms with van der Waals surface area (Å²) in [5.41, 5.74) is 3.75. The SMILES string of the molecule is COc1cccc(-c2cc(NCc3cccnc3)nc3[nH]ccc23)n1. The largest absolute Gasteiger partial charge is 0.481 e. The smallest absolute Gasteiger partial charge is 0.213 e. The highest BCUT2D eigenvalue weighted by Gasteiger charge is 2.11. The van der Waals surface area contributed by atoms with Gasteiger partial charge in [0.15, 0.2) is 0 Å². The number of rotatable bonds is 5. The number of methoxy groups -OCH3 is 1. The van der Waals surface area contributed by atoms with Crippen LogP contribution in [-0.4, -0.2) is 27.0 Å². The van der Waals surface area contributed by atoms with Crippen LogP contribution in [0.3, 0.4) is 0 Å². The molecule has 0 aliphatic heterocycles. The highest BCUT2D eigenvalue weighted by atomic mass is 16.5. The molecule has 0 atom stereocenters. The quantitative estimate of drug-likeness (QED) is 0.584. The number of pyridine rings is 3. The third-order valence-electron chi connectivity index (χ3n) is 3.93. The maximum atomic E-state index is 5.25. The van der Waals surface area contributed by atoms with Crippen molar-refractivity contribution in [2.45, 2.75) is 6.54 Å². The molecule has 4 aromatic heterocycles. The molecule has 0 saturated carbocycles. The maximum Gasteiger partial charge on any atom is 0.213 e. The Morgan fingerprint density at radius 3 is 2.92 bits per heavy atom. The Morgan fingerprint density at radius 1 is 1.12 bits per heavy atom. The first-order valence-electron chi connectivity index (χ1n) is 7.96. The Balaban J connectivity index is 1.72. The first-order valence-corrected chi connectivity index (χ1v) is 7.96. The van der Waals surface area contributed by atoms with Crippen LogP contribution in [0.25, 0.3) is 22.3 Å². The summed E-state index contributed by atoms with van der Waals surface area (Å²) in [4.78, 5) is 16.5. The Morgan fingerprint density at radius 2 is 2.08 bits per heavy atom. The zero-order valence-corrected chi connectivity index (χ0v) is 13.7. The molecule has 4 heterocycles. The highest BCUT2D eigenvalue weighted by molar-refractivity contribution is 5.93. The Labute approximate surface area is 144 Å². The predicted molar refractivity (Wildman–Crippen MR) is 97.4 cm³/mol. The molecule has 0 unspecified atom stereocenters. The van der Waals surface area contributed by atoms with Crippen molar-refractivity contribution >= 4 is 16.9 Å². The van der Waals surface area contributed by atoms with Crippen LogP contribution in [0.2, 0.25) is 0 Å². The molecule has 124 valence electrons. The van der Waals surface area contributed by atoms with Gasteiger partial charge in [0.1, 0.15) is 11.5 Å². The summed E-state index contributed by atoms with van der Waals surface area (Å²) in [6, 6.07) is 13.7. The molecular formula is C19H17N5O. The summed E-state index contributed by atoms with van der Waals surface area (Å²) in [6.07, 6.45) is 5.48. The van der Waals surface area contributed by atoms with Crippen LogP contribution in [0.1, 0.15) is 5.56 Å². The van der Waals surface area contributed by atoms with Gasteiger partial charge in [0.25, 0.3) is 0 Å². The van der Waals surface area contributed by atoms with Gasteiger partial charge in [-0.1, -0.05) is 12.1 Å². The second kappa shape index (κ2) is 6.60. The fourth-order valence-corrected chi connectivity index (χ4v) is 2.71. The lowest BCUT2D eigenvalue weighted by molar-refractivity contribution is 0.398. The van der Waals surface area contributed by atoms with Crippen molar-refractivity contribution in [2.24, 2.45) is 0 Å². The monoisotopic (exact) mass is 331 g/mol. The summed E-state index contributed by atoms with van der Waals surface area (Å²) < 4.78 is 5.25. The second-order valence-electron chi connectivity index (χ2n) is 5.58. The summed E-state index contributed by atoms with van der Waals surface area (Å²) in [7, 11) is 1.62. The van der Waals surface area contributed by atoms with Gasteiger partial charge >= 0.3 is 0 Å². The van der Waals surface area contributed by atoms with E-state index in [0.29, 0.717) is 12.4 Å². The summed E-state index contributed by atoms with van der Waals surface area (Å²) >= 11 is 0. The molecule has 0 radical (unpaired) electrons. The number of aromatic nitrogens is 4. The van der Waals surface area contributed by atoms with E-state index in [9.17, 15) is 0 Å². The van der Waals surface area contributed by atoms with Gasteiger partial charge in [-0.15, -0.1) is 0 Å². The van der Waals surface area contributed by atoms with Gasteiger partial charge in [-0.05, 0) is 29.8 Å². The summed E-state index contributed by atoms with van der Waals surface area (Å²) in [6.45, 7) is 0.651. The van der Waals surface area contributed by atoms with Gasteiger partial charge < -0.3 is 15.0 Å². The molecule has 0 aliphatic carbocycles. The summed E-state index contributed by atoms with van der Waals surface area (Å²) in [5, 5.41) is 4.37. The van der Waals surface area contributed by atoms with Gasteiger partial charge in [0.2, 0.25) is 5.88 Å². The molecule has 0 aliphatic rings. The molecule has 25 heavy (non-hydrogen) atoms. The number of H-pyrrole nitrogens is 1. The van der Waals surface area contributed by atoms with Gasteiger partial charge in [-0.3, -0.25) is 4.98 Å². The molecule has 0 amide bonds. The van der Waals surface area contributed by atoms with E-state index in [1.807, 2.05) is 54.9 Å². The predicted octanol–water partition coefficient (Wildman–Crippen LogP) is 3.64. The van der Waals surface area contributed by atoms with Crippen LogP contribution in [0.15, 0.2) is 61.1 Å². The number of ether oxygens (including phenoxy) is 1. The number of nitrogens with zero attached hydrogens (tertiary/aromatic N) is 3. The lowest BCUT2D eigenvalue weighted by atomic mass is 10.1. The number of anilines is 1. The Bertz CT molecular complexity index is 997. The molecular weight excluding hydrogens is 314 g/mol. The molecule has 4 rings (SSSR count). The molecule has 0 bridgehead atoms. The normalized spacial score (nSPS) is 10.8. The molecule has 0 saturated heterocycles. The fourth-order valence-electron chi connectivity index (χ4n) is 2.71. The van der Waals surface area contributed by atoms with Crippen LogP contribution in [0, 0.1) is 0 Å². The van der Waals surface area contributed by atoms with Crippen molar-refractivity contribution in [1.29, 1.82) is 0 Å². The van der Waals surface area contributed by atoms with Crippen LogP contribution >= 0.6 is 0 Å². The average Bonchev–Trinajstić information content (AvgIpc) is 3.15. The van der Waals surface area contributed by atoms with E-state index in [1.54, 1.807) is 13.3 Å². The highest BCUT2D eigenvalue weighted by Crippen LogP contribution is 2.29. The molecule has 2 N–H and O–H groups in total. The molecule has 4 aromatic rings. The standard InChI is InChI=1S/C19H17N5O/c1-25-18-6-2-5-16(23-18)15-10-17(24-19-14(15)7-9-21-19)22-12-13-4-3-8-20-11-13/h2-11H,12H2,1H3,(H2,21,22,24). The first kappa shape index (κ1) is 15.1. The zero-order chi connectivity index (χ0) is 17.1. The summed E-state index contributed by atoms with van der Waals surface area (Å²) in [5.74, 6) is 1.36. The van der Waals surface area contributed by atoms with Gasteiger partial charge in [-0.2, -0.15) is 0 Å². The van der Waals surface area contributed by atoms with Crippen LogP contribution in [0.5, 0.6) is 5.88 Å². The van der Waals surface area contributed by atoms with Crippen molar-refractivity contribution in [3.8, 4) is 17.1 Å². The second-order valence-corrected chi connectivity index (χ2v) is 5.58. The van der Waals surface area contributed by atoms with Crippen LogP contribution in [0.4, 0.5) is 5.82 Å². The zero-order valence-electron chi connectivity index (χ0n) is 13.7. The maximum absolute atomic E-state index is 5.25. The lowest BCUT2D eigenvalue weighted by Gasteiger charge is -2.10. The van der Waals surface area contributed by atoms with Crippen LogP contribution in [-0.2, 0) is 6.54 Å². The van der Waals surface area contributed by atoms with Crippen molar-refractivity contribution in [1.82, 2.24) is 19.9 Å². The number of nitrogens with one attached hydrogen (secondary N) is 2. The van der Waals surface area contributed by atoms with E-state index in [-0.39, 0.29) is 0 Å².